The molecule has 2 heterocycles. The Balaban J connectivity index is 1.70. The van der Waals surface area contributed by atoms with Crippen molar-refractivity contribution in [1.29, 1.82) is 0 Å². The van der Waals surface area contributed by atoms with Crippen LogP contribution < -0.4 is 19.7 Å². The van der Waals surface area contributed by atoms with Crippen LogP contribution in [0.2, 0.25) is 0 Å². The number of nitrogens with one attached hydrogen (secondary N) is 1. The maximum absolute atomic E-state index is 12.5. The highest BCUT2D eigenvalue weighted by molar-refractivity contribution is 6.03. The van der Waals surface area contributed by atoms with Gasteiger partial charge in [-0.05, 0) is 25.0 Å². The Morgan fingerprint density at radius 1 is 1.04 bits per heavy atom. The molecule has 1 N–H and O–H groups in total. The molecule has 2 aromatic rings. The number of anilines is 2. The number of aromatic nitrogens is 2. The van der Waals surface area contributed by atoms with Crippen LogP contribution in [-0.4, -0.2) is 43.2 Å². The number of ether oxygens (including phenoxy) is 2. The van der Waals surface area contributed by atoms with Crippen LogP contribution in [0.1, 0.15) is 36.2 Å². The van der Waals surface area contributed by atoms with Crippen LogP contribution in [0, 0.1) is 0 Å². The Morgan fingerprint density at radius 2 is 1.81 bits per heavy atom. The van der Waals surface area contributed by atoms with Gasteiger partial charge in [0.25, 0.3) is 5.91 Å². The molecular weight excluding hydrogens is 332 g/mol. The number of nitrogens with zero attached hydrogens (tertiary/aromatic N) is 3. The van der Waals surface area contributed by atoms with Gasteiger partial charge in [0, 0.05) is 19.2 Å². The van der Waals surface area contributed by atoms with E-state index in [4.69, 9.17) is 9.47 Å². The van der Waals surface area contributed by atoms with E-state index in [0.29, 0.717) is 17.2 Å². The number of rotatable bonds is 5. The van der Waals surface area contributed by atoms with Gasteiger partial charge in [-0.1, -0.05) is 12.8 Å². The van der Waals surface area contributed by atoms with Gasteiger partial charge in [0.15, 0.2) is 0 Å². The molecular formula is C19H24N4O3. The first-order valence-corrected chi connectivity index (χ1v) is 8.81. The molecule has 1 amide bonds. The maximum Gasteiger partial charge on any atom is 0.275 e. The highest BCUT2D eigenvalue weighted by Gasteiger charge is 2.15. The third-order valence-electron chi connectivity index (χ3n) is 4.46. The molecule has 1 aliphatic heterocycles. The summed E-state index contributed by atoms with van der Waals surface area (Å²) in [4.78, 5) is 23.4. The van der Waals surface area contributed by atoms with E-state index in [1.54, 1.807) is 38.6 Å². The average molecular weight is 356 g/mol. The monoisotopic (exact) mass is 356 g/mol. The number of hydrogen-bond donors (Lipinski definition) is 1. The summed E-state index contributed by atoms with van der Waals surface area (Å²) < 4.78 is 10.5. The summed E-state index contributed by atoms with van der Waals surface area (Å²) in [6.45, 7) is 1.98. The Labute approximate surface area is 153 Å². The molecule has 0 spiro atoms. The first-order valence-electron chi connectivity index (χ1n) is 8.81. The standard InChI is InChI=1S/C19H24N4O3/c1-25-14-7-8-15(17(11-14)26-2)22-19(24)16-12-21-18(13-20-16)23-9-5-3-4-6-10-23/h7-8,11-13H,3-6,9-10H2,1-2H3,(H,22,24). The molecule has 1 aromatic carbocycles. The van der Waals surface area contributed by atoms with E-state index in [9.17, 15) is 4.79 Å². The Kier molecular flexibility index (Phi) is 5.88. The van der Waals surface area contributed by atoms with Crippen molar-refractivity contribution in [2.45, 2.75) is 25.7 Å². The third-order valence-corrected chi connectivity index (χ3v) is 4.46. The molecule has 0 unspecified atom stereocenters. The summed E-state index contributed by atoms with van der Waals surface area (Å²) >= 11 is 0. The van der Waals surface area contributed by atoms with Gasteiger partial charge in [0.2, 0.25) is 0 Å². The Morgan fingerprint density at radius 3 is 2.42 bits per heavy atom. The van der Waals surface area contributed by atoms with Crippen molar-refractivity contribution in [3.63, 3.8) is 0 Å². The largest absolute Gasteiger partial charge is 0.497 e. The van der Waals surface area contributed by atoms with E-state index in [1.165, 1.54) is 31.9 Å². The lowest BCUT2D eigenvalue weighted by Gasteiger charge is -2.20. The minimum atomic E-state index is -0.330. The average Bonchev–Trinajstić information content (AvgIpc) is 2.98. The van der Waals surface area contributed by atoms with Crippen molar-refractivity contribution < 1.29 is 14.3 Å². The summed E-state index contributed by atoms with van der Waals surface area (Å²) in [5.74, 6) is 1.67. The van der Waals surface area contributed by atoms with E-state index in [1.807, 2.05) is 0 Å². The van der Waals surface area contributed by atoms with E-state index in [0.717, 1.165) is 18.9 Å². The van der Waals surface area contributed by atoms with Crippen molar-refractivity contribution in [2.24, 2.45) is 0 Å². The first kappa shape index (κ1) is 18.0. The molecule has 0 radical (unpaired) electrons. The smallest absolute Gasteiger partial charge is 0.275 e. The van der Waals surface area contributed by atoms with Crippen LogP contribution in [0.15, 0.2) is 30.6 Å². The predicted octanol–water partition coefficient (Wildman–Crippen LogP) is 3.13. The van der Waals surface area contributed by atoms with Crippen LogP contribution in [0.3, 0.4) is 0 Å². The molecule has 3 rings (SSSR count). The molecule has 7 heteroatoms. The van der Waals surface area contributed by atoms with Gasteiger partial charge in [-0.15, -0.1) is 0 Å². The zero-order valence-corrected chi connectivity index (χ0v) is 15.2. The van der Waals surface area contributed by atoms with Gasteiger partial charge in [-0.25, -0.2) is 9.97 Å². The minimum Gasteiger partial charge on any atom is -0.497 e. The van der Waals surface area contributed by atoms with E-state index >= 15 is 0 Å². The lowest BCUT2D eigenvalue weighted by molar-refractivity contribution is 0.102. The number of methoxy groups -OCH3 is 2. The van der Waals surface area contributed by atoms with Gasteiger partial charge in [-0.3, -0.25) is 4.79 Å². The highest BCUT2D eigenvalue weighted by atomic mass is 16.5. The number of carbonyl (C=O) groups is 1. The second kappa shape index (κ2) is 8.51. The second-order valence-electron chi connectivity index (χ2n) is 6.18. The summed E-state index contributed by atoms with van der Waals surface area (Å²) in [5, 5.41) is 2.80. The normalized spacial score (nSPS) is 14.5. The predicted molar refractivity (Wildman–Crippen MR) is 100 cm³/mol. The van der Waals surface area contributed by atoms with Crippen molar-refractivity contribution in [3.8, 4) is 11.5 Å². The van der Waals surface area contributed by atoms with E-state index in [2.05, 4.69) is 20.2 Å². The van der Waals surface area contributed by atoms with Gasteiger partial charge in [0.05, 0.1) is 32.3 Å². The fourth-order valence-corrected chi connectivity index (χ4v) is 2.99. The van der Waals surface area contributed by atoms with Gasteiger partial charge < -0.3 is 19.7 Å². The summed E-state index contributed by atoms with van der Waals surface area (Å²) in [5.41, 5.74) is 0.818. The maximum atomic E-state index is 12.5. The molecule has 1 fully saturated rings. The quantitative estimate of drug-likeness (QED) is 0.887. The van der Waals surface area contributed by atoms with Crippen LogP contribution in [0.5, 0.6) is 11.5 Å². The van der Waals surface area contributed by atoms with Gasteiger partial charge >= 0.3 is 0 Å². The van der Waals surface area contributed by atoms with Crippen molar-refractivity contribution in [3.05, 3.63) is 36.3 Å². The Hall–Kier alpha value is -2.83. The molecule has 0 atom stereocenters. The van der Waals surface area contributed by atoms with Crippen LogP contribution in [-0.2, 0) is 0 Å². The fourth-order valence-electron chi connectivity index (χ4n) is 2.99. The van der Waals surface area contributed by atoms with Crippen molar-refractivity contribution in [2.75, 3.05) is 37.5 Å². The minimum absolute atomic E-state index is 0.265. The lowest BCUT2D eigenvalue weighted by atomic mass is 10.2. The number of carbonyl (C=O) groups excluding carboxylic acids is 1. The summed E-state index contributed by atoms with van der Waals surface area (Å²) in [6, 6.07) is 5.20. The molecule has 138 valence electrons. The van der Waals surface area contributed by atoms with E-state index in [-0.39, 0.29) is 11.6 Å². The van der Waals surface area contributed by atoms with Gasteiger partial charge in [-0.2, -0.15) is 0 Å². The number of amides is 1. The molecule has 0 saturated carbocycles. The SMILES string of the molecule is COc1ccc(NC(=O)c2cnc(N3CCCCCC3)cn2)c(OC)c1. The van der Waals surface area contributed by atoms with E-state index < -0.39 is 0 Å². The molecule has 7 nitrogen and oxygen atoms in total. The number of benzene rings is 1. The molecule has 1 aliphatic rings. The molecule has 0 aliphatic carbocycles. The highest BCUT2D eigenvalue weighted by Crippen LogP contribution is 2.29. The molecule has 26 heavy (non-hydrogen) atoms. The lowest BCUT2D eigenvalue weighted by Crippen LogP contribution is -2.25. The first-order chi connectivity index (χ1) is 12.7. The topological polar surface area (TPSA) is 76.6 Å². The van der Waals surface area contributed by atoms with Crippen LogP contribution in [0.4, 0.5) is 11.5 Å². The summed E-state index contributed by atoms with van der Waals surface area (Å²) in [7, 11) is 3.12. The number of hydrogen-bond acceptors (Lipinski definition) is 6. The Bertz CT molecular complexity index is 741. The zero-order valence-electron chi connectivity index (χ0n) is 15.2. The van der Waals surface area contributed by atoms with Crippen molar-refractivity contribution in [1.82, 2.24) is 9.97 Å². The molecule has 1 aromatic heterocycles. The van der Waals surface area contributed by atoms with Crippen LogP contribution >= 0.6 is 0 Å². The van der Waals surface area contributed by atoms with Crippen molar-refractivity contribution >= 4 is 17.4 Å². The van der Waals surface area contributed by atoms with Gasteiger partial charge in [0.1, 0.15) is 23.0 Å². The second-order valence-corrected chi connectivity index (χ2v) is 6.18. The molecule has 0 bridgehead atoms. The fraction of sp³-hybridized carbons (Fsp3) is 0.421. The summed E-state index contributed by atoms with van der Waals surface area (Å²) in [6.07, 6.45) is 8.04. The third kappa shape index (κ3) is 4.22. The molecule has 1 saturated heterocycles. The van der Waals surface area contributed by atoms with Crippen LogP contribution in [0.25, 0.3) is 0 Å². The zero-order chi connectivity index (χ0) is 18.4.